The van der Waals surface area contributed by atoms with E-state index in [2.05, 4.69) is 5.16 Å². The molecule has 2 heterocycles. The van der Waals surface area contributed by atoms with Crippen LogP contribution in [0.4, 0.5) is 5.69 Å². The number of carbonyl (C=O) groups is 1. The van der Waals surface area contributed by atoms with Crippen LogP contribution in [0.5, 0.6) is 11.5 Å². The maximum atomic E-state index is 12.9. The second-order valence-electron chi connectivity index (χ2n) is 6.35. The SMILES string of the molecule is COc1ccc(-c2noc(=O)n2CC(=O)N2CCc3ccccc32)cc1OC. The summed E-state index contributed by atoms with van der Waals surface area (Å²) in [6.45, 7) is 0.421. The number of ether oxygens (including phenoxy) is 2. The van der Waals surface area contributed by atoms with Gasteiger partial charge >= 0.3 is 5.76 Å². The van der Waals surface area contributed by atoms with E-state index in [4.69, 9.17) is 14.0 Å². The Kier molecular flexibility index (Phi) is 4.60. The highest BCUT2D eigenvalue weighted by atomic mass is 16.5. The molecule has 28 heavy (non-hydrogen) atoms. The molecule has 0 fully saturated rings. The average molecular weight is 381 g/mol. The summed E-state index contributed by atoms with van der Waals surface area (Å²) in [4.78, 5) is 26.8. The lowest BCUT2D eigenvalue weighted by Crippen LogP contribution is -2.34. The van der Waals surface area contributed by atoms with Gasteiger partial charge in [-0.2, -0.15) is 0 Å². The van der Waals surface area contributed by atoms with Crippen molar-refractivity contribution >= 4 is 11.6 Å². The molecule has 0 unspecified atom stereocenters. The molecule has 8 heteroatoms. The minimum Gasteiger partial charge on any atom is -0.493 e. The van der Waals surface area contributed by atoms with Gasteiger partial charge in [-0.25, -0.2) is 9.36 Å². The molecular formula is C20H19N3O5. The number of hydrogen-bond acceptors (Lipinski definition) is 6. The molecule has 0 aliphatic carbocycles. The Morgan fingerprint density at radius 2 is 1.93 bits per heavy atom. The van der Waals surface area contributed by atoms with Gasteiger partial charge in [0.1, 0.15) is 6.54 Å². The third-order valence-corrected chi connectivity index (χ3v) is 4.81. The number of aromatic nitrogens is 2. The summed E-state index contributed by atoms with van der Waals surface area (Å²) in [6, 6.07) is 12.9. The molecular weight excluding hydrogens is 362 g/mol. The van der Waals surface area contributed by atoms with Gasteiger partial charge in [-0.05, 0) is 36.2 Å². The van der Waals surface area contributed by atoms with Crippen molar-refractivity contribution in [3.63, 3.8) is 0 Å². The highest BCUT2D eigenvalue weighted by molar-refractivity contribution is 5.95. The molecule has 1 aromatic heterocycles. The zero-order valence-electron chi connectivity index (χ0n) is 15.5. The summed E-state index contributed by atoms with van der Waals surface area (Å²) >= 11 is 0. The zero-order valence-corrected chi connectivity index (χ0v) is 15.5. The number of anilines is 1. The molecule has 1 amide bonds. The second-order valence-corrected chi connectivity index (χ2v) is 6.35. The van der Waals surface area contributed by atoms with Gasteiger partial charge in [0.25, 0.3) is 0 Å². The topological polar surface area (TPSA) is 86.8 Å². The lowest BCUT2D eigenvalue weighted by Gasteiger charge is -2.17. The van der Waals surface area contributed by atoms with Crippen LogP contribution in [0.2, 0.25) is 0 Å². The smallest absolute Gasteiger partial charge is 0.442 e. The van der Waals surface area contributed by atoms with Crippen LogP contribution in [-0.4, -0.2) is 36.4 Å². The molecule has 0 bridgehead atoms. The van der Waals surface area contributed by atoms with Gasteiger partial charge in [0.2, 0.25) is 5.91 Å². The number of para-hydroxylation sites is 1. The van der Waals surface area contributed by atoms with E-state index in [0.717, 1.165) is 17.7 Å². The lowest BCUT2D eigenvalue weighted by molar-refractivity contribution is -0.119. The van der Waals surface area contributed by atoms with Crippen molar-refractivity contribution in [3.8, 4) is 22.9 Å². The number of carbonyl (C=O) groups excluding carboxylic acids is 1. The van der Waals surface area contributed by atoms with Crippen molar-refractivity contribution in [1.82, 2.24) is 9.72 Å². The molecule has 0 N–H and O–H groups in total. The summed E-state index contributed by atoms with van der Waals surface area (Å²) in [5.74, 6) is 0.407. The maximum absolute atomic E-state index is 12.9. The van der Waals surface area contributed by atoms with E-state index in [1.54, 1.807) is 23.1 Å². The van der Waals surface area contributed by atoms with Crippen molar-refractivity contribution in [2.75, 3.05) is 25.7 Å². The average Bonchev–Trinajstić information content (AvgIpc) is 3.31. The first kappa shape index (κ1) is 17.8. The minimum atomic E-state index is -0.689. The molecule has 0 radical (unpaired) electrons. The molecule has 144 valence electrons. The van der Waals surface area contributed by atoms with Crippen molar-refractivity contribution in [1.29, 1.82) is 0 Å². The van der Waals surface area contributed by atoms with Gasteiger partial charge in [-0.1, -0.05) is 23.4 Å². The minimum absolute atomic E-state index is 0.166. The van der Waals surface area contributed by atoms with E-state index in [9.17, 15) is 9.59 Å². The van der Waals surface area contributed by atoms with Gasteiger partial charge in [0.15, 0.2) is 17.3 Å². The number of hydrogen-bond donors (Lipinski definition) is 0. The van der Waals surface area contributed by atoms with E-state index in [1.807, 2.05) is 24.3 Å². The summed E-state index contributed by atoms with van der Waals surface area (Å²) in [6.07, 6.45) is 0.795. The Hall–Kier alpha value is -3.55. The van der Waals surface area contributed by atoms with E-state index in [0.29, 0.717) is 23.6 Å². The summed E-state index contributed by atoms with van der Waals surface area (Å²) in [5.41, 5.74) is 2.58. The number of methoxy groups -OCH3 is 2. The molecule has 1 aliphatic rings. The predicted octanol–water partition coefficient (Wildman–Crippen LogP) is 2.11. The Morgan fingerprint density at radius 3 is 2.71 bits per heavy atom. The van der Waals surface area contributed by atoms with Crippen LogP contribution in [0, 0.1) is 0 Å². The van der Waals surface area contributed by atoms with Crippen LogP contribution in [0.15, 0.2) is 51.8 Å². The van der Waals surface area contributed by atoms with Crippen LogP contribution in [0.25, 0.3) is 11.4 Å². The third-order valence-electron chi connectivity index (χ3n) is 4.81. The van der Waals surface area contributed by atoms with Crippen LogP contribution in [0.1, 0.15) is 5.56 Å². The monoisotopic (exact) mass is 381 g/mol. The highest BCUT2D eigenvalue weighted by Crippen LogP contribution is 2.32. The molecule has 2 aromatic carbocycles. The quantitative estimate of drug-likeness (QED) is 0.673. The van der Waals surface area contributed by atoms with Crippen molar-refractivity contribution in [2.45, 2.75) is 13.0 Å². The molecule has 0 saturated carbocycles. The van der Waals surface area contributed by atoms with E-state index in [-0.39, 0.29) is 18.3 Å². The van der Waals surface area contributed by atoms with Gasteiger partial charge in [0.05, 0.1) is 14.2 Å². The fourth-order valence-corrected chi connectivity index (χ4v) is 3.41. The summed E-state index contributed by atoms with van der Waals surface area (Å²) < 4.78 is 16.6. The Balaban J connectivity index is 1.65. The van der Waals surface area contributed by atoms with Gasteiger partial charge in [0, 0.05) is 17.8 Å². The number of nitrogens with zero attached hydrogens (tertiary/aromatic N) is 3. The normalized spacial score (nSPS) is 12.7. The van der Waals surface area contributed by atoms with Crippen molar-refractivity contribution in [2.24, 2.45) is 0 Å². The molecule has 4 rings (SSSR count). The largest absolute Gasteiger partial charge is 0.493 e. The first-order chi connectivity index (χ1) is 13.6. The fourth-order valence-electron chi connectivity index (χ4n) is 3.41. The summed E-state index contributed by atoms with van der Waals surface area (Å²) in [5, 5.41) is 3.85. The zero-order chi connectivity index (χ0) is 19.7. The molecule has 1 aliphatic heterocycles. The maximum Gasteiger partial charge on any atom is 0.442 e. The number of fused-ring (bicyclic) bond motifs is 1. The number of rotatable bonds is 5. The van der Waals surface area contributed by atoms with E-state index in [1.165, 1.54) is 18.8 Å². The highest BCUT2D eigenvalue weighted by Gasteiger charge is 2.26. The molecule has 0 saturated heterocycles. The van der Waals surface area contributed by atoms with Crippen molar-refractivity contribution < 1.29 is 18.8 Å². The summed E-state index contributed by atoms with van der Waals surface area (Å²) in [7, 11) is 3.06. The first-order valence-electron chi connectivity index (χ1n) is 8.79. The van der Waals surface area contributed by atoms with Crippen LogP contribution >= 0.6 is 0 Å². The van der Waals surface area contributed by atoms with E-state index >= 15 is 0 Å². The molecule has 0 spiro atoms. The van der Waals surface area contributed by atoms with Crippen LogP contribution < -0.4 is 20.1 Å². The van der Waals surface area contributed by atoms with Gasteiger partial charge in [-0.15, -0.1) is 0 Å². The molecule has 3 aromatic rings. The van der Waals surface area contributed by atoms with Crippen molar-refractivity contribution in [3.05, 3.63) is 58.6 Å². The Labute approximate surface area is 160 Å². The Morgan fingerprint density at radius 1 is 1.14 bits per heavy atom. The Bertz CT molecular complexity index is 1090. The van der Waals surface area contributed by atoms with Crippen LogP contribution in [-0.2, 0) is 17.8 Å². The lowest BCUT2D eigenvalue weighted by atomic mass is 10.2. The number of benzene rings is 2. The second kappa shape index (κ2) is 7.22. The van der Waals surface area contributed by atoms with Crippen LogP contribution in [0.3, 0.4) is 0 Å². The first-order valence-corrected chi connectivity index (χ1v) is 8.79. The molecule has 8 nitrogen and oxygen atoms in total. The van der Waals surface area contributed by atoms with Gasteiger partial charge in [-0.3, -0.25) is 9.32 Å². The fraction of sp³-hybridized carbons (Fsp3) is 0.250. The standard InChI is InChI=1S/C20H19N3O5/c1-26-16-8-7-14(11-17(16)27-2)19-21-28-20(25)23(19)12-18(24)22-10-9-13-5-3-4-6-15(13)22/h3-8,11H,9-10,12H2,1-2H3. The predicted molar refractivity (Wildman–Crippen MR) is 102 cm³/mol. The van der Waals surface area contributed by atoms with E-state index < -0.39 is 5.76 Å². The third kappa shape index (κ3) is 3.02. The van der Waals surface area contributed by atoms with Gasteiger partial charge < -0.3 is 14.4 Å². The molecule has 0 atom stereocenters. The number of amides is 1.